The van der Waals surface area contributed by atoms with Crippen LogP contribution < -0.4 is 0 Å². The summed E-state index contributed by atoms with van der Waals surface area (Å²) in [7, 11) is -0.0947. The third-order valence-corrected chi connectivity index (χ3v) is 3.95. The van der Waals surface area contributed by atoms with Gasteiger partial charge in [0.25, 0.3) is 0 Å². The van der Waals surface area contributed by atoms with Crippen LogP contribution in [0.25, 0.3) is 0 Å². The summed E-state index contributed by atoms with van der Waals surface area (Å²) in [6.07, 6.45) is 7.90. The maximum absolute atomic E-state index is 6.10. The highest BCUT2D eigenvalue weighted by Gasteiger charge is 2.52. The molecule has 1 fully saturated rings. The highest BCUT2D eigenvalue weighted by molar-refractivity contribution is 6.48. The van der Waals surface area contributed by atoms with Crippen molar-refractivity contribution in [3.63, 3.8) is 0 Å². The van der Waals surface area contributed by atoms with Gasteiger partial charge in [-0.1, -0.05) is 31.9 Å². The largest absolute Gasteiger partial charge is 0.465 e. The van der Waals surface area contributed by atoms with E-state index in [1.165, 1.54) is 12.8 Å². The van der Waals surface area contributed by atoms with Gasteiger partial charge in [0.1, 0.15) is 0 Å². The van der Waals surface area contributed by atoms with Crippen LogP contribution in [-0.4, -0.2) is 18.3 Å². The SMILES string of the molecule is C/C=C/[C@H](CCCC)B1OC(C)(C)C(C)(C)O1. The lowest BCUT2D eigenvalue weighted by Crippen LogP contribution is -2.41. The van der Waals surface area contributed by atoms with E-state index in [1.807, 2.05) is 0 Å². The lowest BCUT2D eigenvalue weighted by atomic mass is 9.69. The Morgan fingerprint density at radius 3 is 2.06 bits per heavy atom. The quantitative estimate of drug-likeness (QED) is 0.527. The van der Waals surface area contributed by atoms with Gasteiger partial charge in [-0.05, 0) is 41.0 Å². The van der Waals surface area contributed by atoms with Crippen LogP contribution in [-0.2, 0) is 9.31 Å². The van der Waals surface area contributed by atoms with Gasteiger partial charge in [-0.3, -0.25) is 0 Å². The molecule has 0 aromatic carbocycles. The lowest BCUT2D eigenvalue weighted by Gasteiger charge is -2.32. The number of hydrogen-bond acceptors (Lipinski definition) is 2. The van der Waals surface area contributed by atoms with Crippen molar-refractivity contribution in [2.45, 2.75) is 77.8 Å². The molecule has 0 saturated carbocycles. The van der Waals surface area contributed by atoms with E-state index in [4.69, 9.17) is 9.31 Å². The van der Waals surface area contributed by atoms with Gasteiger partial charge >= 0.3 is 7.12 Å². The molecule has 2 nitrogen and oxygen atoms in total. The molecular weight excluding hydrogens is 211 g/mol. The molecular formula is C14H27BO2. The van der Waals surface area contributed by atoms with Gasteiger partial charge in [-0.15, -0.1) is 0 Å². The normalized spacial score (nSPS) is 24.5. The Kier molecular flexibility index (Phi) is 4.85. The molecule has 17 heavy (non-hydrogen) atoms. The number of hydrogen-bond donors (Lipinski definition) is 0. The van der Waals surface area contributed by atoms with Crippen molar-refractivity contribution < 1.29 is 9.31 Å². The van der Waals surface area contributed by atoms with Crippen molar-refractivity contribution in [2.75, 3.05) is 0 Å². The van der Waals surface area contributed by atoms with Crippen LogP contribution in [0.3, 0.4) is 0 Å². The maximum atomic E-state index is 6.10. The minimum atomic E-state index is -0.219. The fourth-order valence-corrected chi connectivity index (χ4v) is 2.07. The predicted octanol–water partition coefficient (Wildman–Crippen LogP) is 4.22. The molecule has 98 valence electrons. The zero-order valence-electron chi connectivity index (χ0n) is 12.2. The van der Waals surface area contributed by atoms with Crippen molar-refractivity contribution >= 4 is 7.12 Å². The maximum Gasteiger partial charge on any atom is 0.465 e. The second-order valence-corrected chi connectivity index (χ2v) is 5.96. The van der Waals surface area contributed by atoms with E-state index >= 15 is 0 Å². The lowest BCUT2D eigenvalue weighted by molar-refractivity contribution is 0.00578. The van der Waals surface area contributed by atoms with E-state index in [2.05, 4.69) is 53.7 Å². The number of rotatable bonds is 5. The minimum absolute atomic E-state index is 0.0947. The predicted molar refractivity (Wildman–Crippen MR) is 74.2 cm³/mol. The average molecular weight is 238 g/mol. The third-order valence-electron chi connectivity index (χ3n) is 3.95. The molecule has 1 aliphatic rings. The standard InChI is InChI=1S/C14H27BO2/c1-7-9-11-12(10-8-2)15-16-13(3,4)14(5,6)17-15/h8,10,12H,7,9,11H2,1-6H3/b10-8+/t12-/m1/s1. The molecule has 0 radical (unpaired) electrons. The van der Waals surface area contributed by atoms with Crippen LogP contribution in [0.15, 0.2) is 12.2 Å². The molecule has 0 unspecified atom stereocenters. The molecule has 0 aliphatic carbocycles. The van der Waals surface area contributed by atoms with Gasteiger partial charge in [0, 0.05) is 5.82 Å². The Hall–Kier alpha value is -0.275. The van der Waals surface area contributed by atoms with Crippen molar-refractivity contribution in [3.8, 4) is 0 Å². The fraction of sp³-hybridized carbons (Fsp3) is 0.857. The topological polar surface area (TPSA) is 18.5 Å². The Morgan fingerprint density at radius 1 is 1.12 bits per heavy atom. The Labute approximate surface area is 107 Å². The van der Waals surface area contributed by atoms with Gasteiger partial charge in [0.05, 0.1) is 11.2 Å². The van der Waals surface area contributed by atoms with Crippen molar-refractivity contribution in [1.82, 2.24) is 0 Å². The van der Waals surface area contributed by atoms with Gasteiger partial charge in [-0.25, -0.2) is 0 Å². The summed E-state index contributed by atoms with van der Waals surface area (Å²) in [5, 5.41) is 0. The average Bonchev–Trinajstić information content (AvgIpc) is 2.43. The third kappa shape index (κ3) is 3.35. The number of allylic oxidation sites excluding steroid dienone is 2. The Balaban J connectivity index is 2.71. The van der Waals surface area contributed by atoms with Gasteiger partial charge in [0.15, 0.2) is 0 Å². The Bertz CT molecular complexity index is 255. The van der Waals surface area contributed by atoms with Crippen LogP contribution in [0.4, 0.5) is 0 Å². The molecule has 0 N–H and O–H groups in total. The molecule has 0 spiro atoms. The molecule has 1 heterocycles. The van der Waals surface area contributed by atoms with Crippen LogP contribution in [0.2, 0.25) is 5.82 Å². The van der Waals surface area contributed by atoms with Crippen LogP contribution in [0, 0.1) is 0 Å². The second-order valence-electron chi connectivity index (χ2n) is 5.96. The van der Waals surface area contributed by atoms with Crippen LogP contribution >= 0.6 is 0 Å². The summed E-state index contributed by atoms with van der Waals surface area (Å²) in [5.41, 5.74) is -0.437. The molecule has 0 aromatic heterocycles. The van der Waals surface area contributed by atoms with Crippen LogP contribution in [0.5, 0.6) is 0 Å². The molecule has 1 saturated heterocycles. The summed E-state index contributed by atoms with van der Waals surface area (Å²) >= 11 is 0. The summed E-state index contributed by atoms with van der Waals surface area (Å²) in [5.74, 6) is 0.376. The van der Waals surface area contributed by atoms with E-state index in [1.54, 1.807) is 0 Å². The molecule has 1 aliphatic heterocycles. The molecule has 3 heteroatoms. The van der Waals surface area contributed by atoms with Crippen molar-refractivity contribution in [3.05, 3.63) is 12.2 Å². The summed E-state index contributed by atoms with van der Waals surface area (Å²) < 4.78 is 12.2. The molecule has 1 atom stereocenters. The molecule has 0 aromatic rings. The highest BCUT2D eigenvalue weighted by Crippen LogP contribution is 2.41. The van der Waals surface area contributed by atoms with Crippen molar-refractivity contribution in [1.29, 1.82) is 0 Å². The smallest absolute Gasteiger partial charge is 0.403 e. The van der Waals surface area contributed by atoms with E-state index < -0.39 is 0 Å². The zero-order valence-corrected chi connectivity index (χ0v) is 12.2. The van der Waals surface area contributed by atoms with Gasteiger partial charge < -0.3 is 9.31 Å². The minimum Gasteiger partial charge on any atom is -0.403 e. The summed E-state index contributed by atoms with van der Waals surface area (Å²) in [6.45, 7) is 12.7. The monoisotopic (exact) mass is 238 g/mol. The van der Waals surface area contributed by atoms with Crippen LogP contribution in [0.1, 0.15) is 60.8 Å². The number of unbranched alkanes of at least 4 members (excludes halogenated alkanes) is 1. The van der Waals surface area contributed by atoms with Gasteiger partial charge in [-0.2, -0.15) is 0 Å². The fourth-order valence-electron chi connectivity index (χ4n) is 2.07. The first kappa shape index (κ1) is 14.8. The first-order valence-corrected chi connectivity index (χ1v) is 6.82. The molecule has 0 bridgehead atoms. The van der Waals surface area contributed by atoms with E-state index in [-0.39, 0.29) is 18.3 Å². The zero-order chi connectivity index (χ0) is 13.1. The van der Waals surface area contributed by atoms with E-state index in [0.29, 0.717) is 5.82 Å². The second kappa shape index (κ2) is 5.58. The molecule has 1 rings (SSSR count). The summed E-state index contributed by atoms with van der Waals surface area (Å²) in [4.78, 5) is 0. The van der Waals surface area contributed by atoms with Gasteiger partial charge in [0.2, 0.25) is 0 Å². The highest BCUT2D eigenvalue weighted by atomic mass is 16.7. The summed E-state index contributed by atoms with van der Waals surface area (Å²) in [6, 6.07) is 0. The molecule has 0 amide bonds. The first-order valence-electron chi connectivity index (χ1n) is 6.82. The first-order chi connectivity index (χ1) is 7.84. The van der Waals surface area contributed by atoms with E-state index in [9.17, 15) is 0 Å². The van der Waals surface area contributed by atoms with Crippen molar-refractivity contribution in [2.24, 2.45) is 0 Å². The van der Waals surface area contributed by atoms with E-state index in [0.717, 1.165) is 6.42 Å². The Morgan fingerprint density at radius 2 is 1.65 bits per heavy atom.